The first-order valence-corrected chi connectivity index (χ1v) is 7.68. The van der Waals surface area contributed by atoms with E-state index in [1.807, 2.05) is 4.90 Å². The highest BCUT2D eigenvalue weighted by Gasteiger charge is 2.36. The molecule has 0 aliphatic carbocycles. The van der Waals surface area contributed by atoms with Gasteiger partial charge in [0.2, 0.25) is 11.7 Å². The lowest BCUT2D eigenvalue weighted by Gasteiger charge is -2.41. The Hall–Kier alpha value is -1.70. The number of pyridine rings is 1. The van der Waals surface area contributed by atoms with Crippen molar-refractivity contribution in [2.45, 2.75) is 25.3 Å². The first-order valence-electron chi connectivity index (χ1n) is 6.89. The van der Waals surface area contributed by atoms with Crippen LogP contribution in [0, 0.1) is 16.0 Å². The van der Waals surface area contributed by atoms with Crippen molar-refractivity contribution in [2.75, 3.05) is 18.0 Å². The first-order chi connectivity index (χ1) is 10.0. The Kier molecular flexibility index (Phi) is 3.79. The molecule has 3 rings (SSSR count). The van der Waals surface area contributed by atoms with Gasteiger partial charge in [0.05, 0.1) is 4.92 Å². The SMILES string of the molecule is O=C1CCC2CN(c3ncc(Br)cc3[N+](=O)[O-])CCC2N1. The van der Waals surface area contributed by atoms with Gasteiger partial charge in [0.25, 0.3) is 0 Å². The standard InChI is InChI=1S/C13H15BrN4O3/c14-9-5-11(18(20)21)13(15-6-9)17-4-3-10-8(7-17)1-2-12(19)16-10/h5-6,8,10H,1-4,7H2,(H,16,19). The Morgan fingerprint density at radius 1 is 1.48 bits per heavy atom. The molecule has 2 saturated heterocycles. The van der Waals surface area contributed by atoms with Gasteiger partial charge in [0, 0.05) is 42.3 Å². The third-order valence-corrected chi connectivity index (χ3v) is 4.57. The topological polar surface area (TPSA) is 88.4 Å². The van der Waals surface area contributed by atoms with E-state index in [-0.39, 0.29) is 17.6 Å². The van der Waals surface area contributed by atoms with Gasteiger partial charge in [-0.1, -0.05) is 0 Å². The third kappa shape index (κ3) is 2.85. The number of hydrogen-bond donors (Lipinski definition) is 1. The summed E-state index contributed by atoms with van der Waals surface area (Å²) in [5.74, 6) is 0.859. The number of fused-ring (bicyclic) bond motifs is 1. The highest BCUT2D eigenvalue weighted by Crippen LogP contribution is 2.33. The molecular formula is C13H15BrN4O3. The van der Waals surface area contributed by atoms with Crippen LogP contribution in [-0.4, -0.2) is 34.9 Å². The molecule has 2 atom stereocenters. The maximum absolute atomic E-state index is 11.4. The van der Waals surface area contributed by atoms with Crippen LogP contribution in [0.4, 0.5) is 11.5 Å². The lowest BCUT2D eigenvalue weighted by molar-refractivity contribution is -0.384. The van der Waals surface area contributed by atoms with E-state index in [2.05, 4.69) is 26.2 Å². The highest BCUT2D eigenvalue weighted by atomic mass is 79.9. The van der Waals surface area contributed by atoms with E-state index >= 15 is 0 Å². The molecular weight excluding hydrogens is 340 g/mol. The summed E-state index contributed by atoms with van der Waals surface area (Å²) in [4.78, 5) is 28.4. The minimum Gasteiger partial charge on any atom is -0.353 e. The number of carbonyl (C=O) groups is 1. The Morgan fingerprint density at radius 3 is 3.05 bits per heavy atom. The lowest BCUT2D eigenvalue weighted by atomic mass is 9.85. The molecule has 0 bridgehead atoms. The molecule has 8 heteroatoms. The minimum absolute atomic E-state index is 0.0164. The van der Waals surface area contributed by atoms with Crippen LogP contribution in [0.2, 0.25) is 0 Å². The molecule has 2 aliphatic rings. The summed E-state index contributed by atoms with van der Waals surface area (Å²) in [6, 6.07) is 1.67. The molecule has 2 aliphatic heterocycles. The number of nitrogens with one attached hydrogen (secondary N) is 1. The van der Waals surface area contributed by atoms with Gasteiger partial charge in [0.15, 0.2) is 0 Å². The summed E-state index contributed by atoms with van der Waals surface area (Å²) in [6.07, 6.45) is 3.74. The molecule has 2 fully saturated rings. The fourth-order valence-corrected chi connectivity index (χ4v) is 3.42. The molecule has 0 aromatic carbocycles. The lowest BCUT2D eigenvalue weighted by Crippen LogP contribution is -2.54. The zero-order chi connectivity index (χ0) is 15.0. The van der Waals surface area contributed by atoms with Gasteiger partial charge < -0.3 is 10.2 Å². The number of amides is 1. The molecule has 1 aromatic rings. The number of rotatable bonds is 2. The number of nitrogens with zero attached hydrogens (tertiary/aromatic N) is 3. The van der Waals surface area contributed by atoms with Crippen LogP contribution < -0.4 is 10.2 Å². The Balaban J connectivity index is 1.82. The van der Waals surface area contributed by atoms with Crippen LogP contribution >= 0.6 is 15.9 Å². The molecule has 1 amide bonds. The average molecular weight is 355 g/mol. The van der Waals surface area contributed by atoms with Gasteiger partial charge in [-0.2, -0.15) is 0 Å². The second-order valence-electron chi connectivity index (χ2n) is 5.46. The van der Waals surface area contributed by atoms with E-state index in [0.29, 0.717) is 35.7 Å². The van der Waals surface area contributed by atoms with Crippen molar-refractivity contribution in [3.63, 3.8) is 0 Å². The number of nitro groups is 1. The van der Waals surface area contributed by atoms with Crippen LogP contribution in [-0.2, 0) is 4.79 Å². The number of carbonyl (C=O) groups excluding carboxylic acids is 1. The van der Waals surface area contributed by atoms with Crippen LogP contribution in [0.25, 0.3) is 0 Å². The Labute approximate surface area is 130 Å². The molecule has 112 valence electrons. The third-order valence-electron chi connectivity index (χ3n) is 4.13. The summed E-state index contributed by atoms with van der Waals surface area (Å²) in [6.45, 7) is 1.36. The summed E-state index contributed by atoms with van der Waals surface area (Å²) < 4.78 is 0.595. The molecule has 0 spiro atoms. The monoisotopic (exact) mass is 354 g/mol. The summed E-state index contributed by atoms with van der Waals surface area (Å²) in [7, 11) is 0. The van der Waals surface area contributed by atoms with Gasteiger partial charge in [0.1, 0.15) is 0 Å². The summed E-state index contributed by atoms with van der Waals surface area (Å²) in [5.41, 5.74) is 0.0164. The smallest absolute Gasteiger partial charge is 0.312 e. The maximum Gasteiger partial charge on any atom is 0.312 e. The highest BCUT2D eigenvalue weighted by molar-refractivity contribution is 9.10. The number of piperidine rings is 2. The predicted octanol–water partition coefficient (Wildman–Crippen LogP) is 1.86. The van der Waals surface area contributed by atoms with E-state index in [0.717, 1.165) is 12.8 Å². The van der Waals surface area contributed by atoms with Crippen LogP contribution in [0.15, 0.2) is 16.7 Å². The van der Waals surface area contributed by atoms with Crippen molar-refractivity contribution in [3.05, 3.63) is 26.9 Å². The molecule has 2 unspecified atom stereocenters. The quantitative estimate of drug-likeness (QED) is 0.646. The van der Waals surface area contributed by atoms with E-state index in [1.54, 1.807) is 6.20 Å². The van der Waals surface area contributed by atoms with Crippen LogP contribution in [0.1, 0.15) is 19.3 Å². The van der Waals surface area contributed by atoms with E-state index < -0.39 is 4.92 Å². The summed E-state index contributed by atoms with van der Waals surface area (Å²) >= 11 is 3.22. The molecule has 7 nitrogen and oxygen atoms in total. The fraction of sp³-hybridized carbons (Fsp3) is 0.538. The van der Waals surface area contributed by atoms with Gasteiger partial charge in [-0.05, 0) is 34.7 Å². The second-order valence-corrected chi connectivity index (χ2v) is 6.38. The van der Waals surface area contributed by atoms with Gasteiger partial charge in [-0.15, -0.1) is 0 Å². The molecule has 0 saturated carbocycles. The van der Waals surface area contributed by atoms with Gasteiger partial charge in [-0.3, -0.25) is 14.9 Å². The second kappa shape index (κ2) is 5.59. The predicted molar refractivity (Wildman–Crippen MR) is 80.1 cm³/mol. The van der Waals surface area contributed by atoms with E-state index in [9.17, 15) is 14.9 Å². The van der Waals surface area contributed by atoms with Gasteiger partial charge >= 0.3 is 5.69 Å². The summed E-state index contributed by atoms with van der Waals surface area (Å²) in [5, 5.41) is 14.2. The first kappa shape index (κ1) is 14.2. The van der Waals surface area contributed by atoms with Gasteiger partial charge in [-0.25, -0.2) is 4.98 Å². The molecule has 1 N–H and O–H groups in total. The van der Waals surface area contributed by atoms with Crippen molar-refractivity contribution >= 4 is 33.3 Å². The molecule has 3 heterocycles. The zero-order valence-electron chi connectivity index (χ0n) is 11.3. The largest absolute Gasteiger partial charge is 0.353 e. The molecule has 1 aromatic heterocycles. The van der Waals surface area contributed by atoms with Crippen molar-refractivity contribution < 1.29 is 9.72 Å². The van der Waals surface area contributed by atoms with E-state index in [4.69, 9.17) is 0 Å². The number of halogens is 1. The number of aromatic nitrogens is 1. The maximum atomic E-state index is 11.4. The van der Waals surface area contributed by atoms with Crippen molar-refractivity contribution in [3.8, 4) is 0 Å². The molecule has 21 heavy (non-hydrogen) atoms. The van der Waals surface area contributed by atoms with Crippen molar-refractivity contribution in [1.29, 1.82) is 0 Å². The zero-order valence-corrected chi connectivity index (χ0v) is 12.9. The van der Waals surface area contributed by atoms with Crippen molar-refractivity contribution in [2.24, 2.45) is 5.92 Å². The number of hydrogen-bond acceptors (Lipinski definition) is 5. The minimum atomic E-state index is -0.401. The average Bonchev–Trinajstić information content (AvgIpc) is 2.46. The normalized spacial score (nSPS) is 25.2. The van der Waals surface area contributed by atoms with Crippen LogP contribution in [0.3, 0.4) is 0 Å². The van der Waals surface area contributed by atoms with E-state index in [1.165, 1.54) is 6.07 Å². The Morgan fingerprint density at radius 2 is 2.29 bits per heavy atom. The van der Waals surface area contributed by atoms with Crippen molar-refractivity contribution in [1.82, 2.24) is 10.3 Å². The fourth-order valence-electron chi connectivity index (χ4n) is 3.10. The molecule has 0 radical (unpaired) electrons. The Bertz CT molecular complexity index is 595. The number of anilines is 1. The van der Waals surface area contributed by atoms with Crippen LogP contribution in [0.5, 0.6) is 0 Å².